The van der Waals surface area contributed by atoms with Gasteiger partial charge in [0.05, 0.1) is 11.3 Å². The zero-order valence-corrected chi connectivity index (χ0v) is 21.9. The molecular weight excluding hydrogens is 510 g/mol. The summed E-state index contributed by atoms with van der Waals surface area (Å²) in [6.07, 6.45) is -1.33. The molecule has 1 amide bonds. The molecule has 0 aliphatic carbocycles. The van der Waals surface area contributed by atoms with E-state index in [9.17, 15) is 22.8 Å². The van der Waals surface area contributed by atoms with Crippen LogP contribution in [-0.2, 0) is 35.9 Å². The second kappa shape index (κ2) is 9.41. The summed E-state index contributed by atoms with van der Waals surface area (Å²) < 4.78 is 39.6. The number of Topliss-reactive ketones (excluding diaryl/α,β-unsaturated/α-hetero) is 1. The number of amides is 1. The first-order valence-corrected chi connectivity index (χ1v) is 13.5. The van der Waals surface area contributed by atoms with Crippen molar-refractivity contribution in [2.24, 2.45) is 12.5 Å². The molecule has 3 heterocycles. The zero-order chi connectivity index (χ0) is 26.4. The van der Waals surface area contributed by atoms with Gasteiger partial charge in [-0.1, -0.05) is 50.7 Å². The van der Waals surface area contributed by atoms with Crippen LogP contribution in [0.1, 0.15) is 31.1 Å². The fraction of sp³-hybridized carbons (Fsp3) is 0.455. The summed E-state index contributed by atoms with van der Waals surface area (Å²) in [4.78, 5) is 40.5. The van der Waals surface area contributed by atoms with Crippen molar-refractivity contribution >= 4 is 39.3 Å². The van der Waals surface area contributed by atoms with Crippen molar-refractivity contribution in [3.8, 4) is 0 Å². The van der Waals surface area contributed by atoms with Gasteiger partial charge in [-0.15, -0.1) is 5.10 Å². The highest BCUT2D eigenvalue weighted by Crippen LogP contribution is 2.45. The lowest BCUT2D eigenvalue weighted by atomic mass is 9.85. The second-order valence-electron chi connectivity index (χ2n) is 9.27. The number of rotatable bonds is 7. The molecule has 2 aliphatic heterocycles. The van der Waals surface area contributed by atoms with E-state index in [1.807, 2.05) is 0 Å². The molecule has 0 radical (unpaired) electrons. The minimum Gasteiger partial charge on any atom is -0.437 e. The molecule has 14 heteroatoms. The number of hydrogen-bond donors (Lipinski definition) is 0. The SMILES string of the molecule is CO[C@H]1C(=O)N2C(C(=O)C(C)(C)C)=C(CSc3nnnn3C)[C@@H](OC(=O)c3ccccc3)S(=O)(=O)C12. The van der Waals surface area contributed by atoms with E-state index in [1.54, 1.807) is 46.0 Å². The minimum atomic E-state index is -4.37. The molecule has 0 N–H and O–H groups in total. The average Bonchev–Trinajstić information content (AvgIpc) is 3.23. The van der Waals surface area contributed by atoms with E-state index >= 15 is 0 Å². The molecule has 2 aliphatic rings. The van der Waals surface area contributed by atoms with E-state index in [0.717, 1.165) is 16.7 Å². The van der Waals surface area contributed by atoms with Gasteiger partial charge in [0.25, 0.3) is 5.91 Å². The number of esters is 1. The van der Waals surface area contributed by atoms with Crippen molar-refractivity contribution in [2.75, 3.05) is 12.9 Å². The van der Waals surface area contributed by atoms with E-state index in [1.165, 1.54) is 23.9 Å². The van der Waals surface area contributed by atoms with Crippen LogP contribution in [0.4, 0.5) is 0 Å². The van der Waals surface area contributed by atoms with Gasteiger partial charge in [-0.05, 0) is 22.6 Å². The Labute approximate surface area is 211 Å². The quantitative estimate of drug-likeness (QED) is 0.283. The van der Waals surface area contributed by atoms with E-state index in [0.29, 0.717) is 5.16 Å². The van der Waals surface area contributed by atoms with Crippen molar-refractivity contribution in [2.45, 2.75) is 42.8 Å². The number of aryl methyl sites for hydroxylation is 1. The molecule has 2 aromatic rings. The van der Waals surface area contributed by atoms with E-state index in [4.69, 9.17) is 9.47 Å². The maximum atomic E-state index is 13.8. The van der Waals surface area contributed by atoms with E-state index < -0.39 is 49.8 Å². The Hall–Kier alpha value is -3.10. The fourth-order valence-corrected chi connectivity index (χ4v) is 7.05. The monoisotopic (exact) mass is 535 g/mol. The predicted molar refractivity (Wildman–Crippen MR) is 127 cm³/mol. The first-order valence-electron chi connectivity index (χ1n) is 10.9. The van der Waals surface area contributed by atoms with Crippen LogP contribution in [-0.4, -0.2) is 81.0 Å². The third-order valence-electron chi connectivity index (χ3n) is 5.77. The van der Waals surface area contributed by atoms with Crippen LogP contribution in [0.5, 0.6) is 0 Å². The Morgan fingerprint density at radius 1 is 1.17 bits per heavy atom. The summed E-state index contributed by atoms with van der Waals surface area (Å²) in [6.45, 7) is 4.96. The smallest absolute Gasteiger partial charge is 0.339 e. The van der Waals surface area contributed by atoms with Crippen molar-refractivity contribution in [1.29, 1.82) is 0 Å². The highest BCUT2D eigenvalue weighted by molar-refractivity contribution is 7.99. The molecular formula is C22H25N5O7S2. The molecule has 1 unspecified atom stereocenters. The number of allylic oxidation sites excluding steroid dienone is 1. The maximum absolute atomic E-state index is 13.8. The van der Waals surface area contributed by atoms with E-state index in [-0.39, 0.29) is 22.6 Å². The topological polar surface area (TPSA) is 151 Å². The zero-order valence-electron chi connectivity index (χ0n) is 20.2. The Morgan fingerprint density at radius 2 is 1.83 bits per heavy atom. The Morgan fingerprint density at radius 3 is 2.39 bits per heavy atom. The minimum absolute atomic E-state index is 0.0358. The highest BCUT2D eigenvalue weighted by Gasteiger charge is 2.64. The number of thioether (sulfide) groups is 1. The summed E-state index contributed by atoms with van der Waals surface area (Å²) in [5, 5.41) is 10.0. The first-order chi connectivity index (χ1) is 16.9. The molecule has 3 atom stereocenters. The largest absolute Gasteiger partial charge is 0.437 e. The fourth-order valence-electron chi connectivity index (χ4n) is 3.91. The lowest BCUT2D eigenvalue weighted by Crippen LogP contribution is -2.72. The van der Waals surface area contributed by atoms with Crippen LogP contribution in [0.15, 0.2) is 46.8 Å². The van der Waals surface area contributed by atoms with Crippen LogP contribution < -0.4 is 0 Å². The van der Waals surface area contributed by atoms with Crippen LogP contribution in [0, 0.1) is 5.41 Å². The first kappa shape index (κ1) is 26.0. The number of carbonyl (C=O) groups is 3. The summed E-state index contributed by atoms with van der Waals surface area (Å²) in [5.41, 5.74) is -2.82. The molecule has 12 nitrogen and oxygen atoms in total. The summed E-state index contributed by atoms with van der Waals surface area (Å²) in [7, 11) is -1.56. The van der Waals surface area contributed by atoms with Crippen molar-refractivity contribution in [1.82, 2.24) is 25.1 Å². The molecule has 1 saturated heterocycles. The number of aromatic nitrogens is 4. The number of nitrogens with zero attached hydrogens (tertiary/aromatic N) is 5. The van der Waals surface area contributed by atoms with Crippen LogP contribution in [0.3, 0.4) is 0 Å². The number of fused-ring (bicyclic) bond motifs is 1. The Kier molecular flexibility index (Phi) is 6.79. The third kappa shape index (κ3) is 4.33. The van der Waals surface area contributed by atoms with Gasteiger partial charge in [0.2, 0.25) is 20.4 Å². The normalized spacial score (nSPS) is 23.2. The number of methoxy groups -OCH3 is 1. The number of sulfone groups is 1. The molecule has 0 spiro atoms. The molecule has 36 heavy (non-hydrogen) atoms. The van der Waals surface area contributed by atoms with E-state index in [2.05, 4.69) is 15.5 Å². The van der Waals surface area contributed by atoms with Gasteiger partial charge in [0, 0.05) is 30.9 Å². The molecule has 192 valence electrons. The predicted octanol–water partition coefficient (Wildman–Crippen LogP) is 0.966. The molecule has 4 rings (SSSR count). The third-order valence-corrected chi connectivity index (χ3v) is 8.94. The standard InChI is InChI=1S/C22H25N5O7S2/c1-22(2,3)16(28)14-13(11-35-21-23-24-25-26(21)4)20(34-19(30)12-9-7-6-8-10-12)36(31,32)18-15(33-5)17(29)27(14)18/h6-10,15,18,20H,11H2,1-5H3/t15-,18?,20-/m0/s1. The number of carbonyl (C=O) groups excluding carboxylic acids is 3. The number of tetrazole rings is 1. The maximum Gasteiger partial charge on any atom is 0.339 e. The average molecular weight is 536 g/mol. The lowest BCUT2D eigenvalue weighted by Gasteiger charge is -2.51. The summed E-state index contributed by atoms with van der Waals surface area (Å²) >= 11 is 1.05. The van der Waals surface area contributed by atoms with Gasteiger partial charge in [-0.2, -0.15) is 0 Å². The molecule has 1 fully saturated rings. The second-order valence-corrected chi connectivity index (χ2v) is 12.3. The number of hydrogen-bond acceptors (Lipinski definition) is 11. The van der Waals surface area contributed by atoms with Gasteiger partial charge >= 0.3 is 5.97 Å². The number of β-lactam (4-membered cyclic amide) rings is 1. The van der Waals surface area contributed by atoms with Crippen molar-refractivity contribution < 1.29 is 32.3 Å². The van der Waals surface area contributed by atoms with Gasteiger partial charge < -0.3 is 9.47 Å². The molecule has 0 saturated carbocycles. The lowest BCUT2D eigenvalue weighted by molar-refractivity contribution is -0.161. The van der Waals surface area contributed by atoms with Gasteiger partial charge in [-0.25, -0.2) is 17.9 Å². The molecule has 1 aromatic carbocycles. The van der Waals surface area contributed by atoms with Crippen LogP contribution in [0.25, 0.3) is 0 Å². The number of ketones is 1. The van der Waals surface area contributed by atoms with Gasteiger partial charge in [0.15, 0.2) is 17.3 Å². The Balaban J connectivity index is 1.88. The number of ether oxygens (including phenoxy) is 2. The summed E-state index contributed by atoms with van der Waals surface area (Å²) in [5.74, 6) is -2.15. The van der Waals surface area contributed by atoms with Gasteiger partial charge in [-0.3, -0.25) is 14.5 Å². The van der Waals surface area contributed by atoms with Crippen LogP contribution >= 0.6 is 11.8 Å². The van der Waals surface area contributed by atoms with Crippen molar-refractivity contribution in [3.05, 3.63) is 47.2 Å². The Bertz CT molecular complexity index is 1350. The highest BCUT2D eigenvalue weighted by atomic mass is 32.2. The summed E-state index contributed by atoms with van der Waals surface area (Å²) in [6, 6.07) is 7.90. The van der Waals surface area contributed by atoms with Gasteiger partial charge in [0.1, 0.15) is 0 Å². The molecule has 1 aromatic heterocycles. The number of benzene rings is 1. The van der Waals surface area contributed by atoms with Crippen LogP contribution in [0.2, 0.25) is 0 Å². The molecule has 0 bridgehead atoms. The van der Waals surface area contributed by atoms with Crippen molar-refractivity contribution in [3.63, 3.8) is 0 Å².